The van der Waals surface area contributed by atoms with E-state index in [0.717, 1.165) is 58.4 Å². The number of nitrogens with two attached hydrogens (primary N) is 1. The van der Waals surface area contributed by atoms with Crippen molar-refractivity contribution in [2.45, 2.75) is 39.2 Å². The van der Waals surface area contributed by atoms with Gasteiger partial charge in [-0.2, -0.15) is 9.97 Å². The summed E-state index contributed by atoms with van der Waals surface area (Å²) in [4.78, 5) is 26.0. The van der Waals surface area contributed by atoms with Crippen LogP contribution in [0, 0.1) is 0 Å². The molecule has 1 aliphatic heterocycles. The zero-order valence-corrected chi connectivity index (χ0v) is 15.5. The van der Waals surface area contributed by atoms with Crippen LogP contribution in [0.5, 0.6) is 6.01 Å². The molecule has 0 spiro atoms. The summed E-state index contributed by atoms with van der Waals surface area (Å²) in [6, 6.07) is 0.233. The van der Waals surface area contributed by atoms with Crippen LogP contribution in [0.15, 0.2) is 4.79 Å². The number of nitrogen functional groups attached to an aromatic ring is 1. The Morgan fingerprint density at radius 3 is 2.69 bits per heavy atom. The van der Waals surface area contributed by atoms with Gasteiger partial charge in [-0.15, -0.1) is 0 Å². The standard InChI is InChI=1S/C17H29N7O2/c1-2-3-12-26-16-21-14(18)13-15(22-16)24(17(25)20-13)9-5-4-8-23-10-6-19-7-11-23/h19H,2-12H2,1H3,(H,20,25)(H2,18,21,22). The summed E-state index contributed by atoms with van der Waals surface area (Å²) in [6.45, 7) is 8.59. The van der Waals surface area contributed by atoms with Gasteiger partial charge in [0.2, 0.25) is 0 Å². The van der Waals surface area contributed by atoms with Gasteiger partial charge in [-0.05, 0) is 25.8 Å². The van der Waals surface area contributed by atoms with Crippen molar-refractivity contribution >= 4 is 17.0 Å². The Balaban J connectivity index is 1.64. The number of anilines is 1. The predicted molar refractivity (Wildman–Crippen MR) is 102 cm³/mol. The number of aromatic amines is 1. The zero-order valence-electron chi connectivity index (χ0n) is 15.5. The first-order valence-electron chi connectivity index (χ1n) is 9.51. The Morgan fingerprint density at radius 1 is 1.15 bits per heavy atom. The quantitative estimate of drug-likeness (QED) is 0.558. The molecule has 1 saturated heterocycles. The minimum absolute atomic E-state index is 0.200. The lowest BCUT2D eigenvalue weighted by molar-refractivity contribution is 0.235. The predicted octanol–water partition coefficient (Wildman–Crippen LogP) is 0.566. The normalized spacial score (nSPS) is 15.6. The van der Waals surface area contributed by atoms with Crippen LogP contribution < -0.4 is 21.5 Å². The number of rotatable bonds is 9. The summed E-state index contributed by atoms with van der Waals surface area (Å²) in [5, 5.41) is 3.35. The third-order valence-electron chi connectivity index (χ3n) is 4.67. The summed E-state index contributed by atoms with van der Waals surface area (Å²) < 4.78 is 7.20. The maximum absolute atomic E-state index is 12.3. The topological polar surface area (TPSA) is 114 Å². The van der Waals surface area contributed by atoms with E-state index in [2.05, 4.69) is 32.1 Å². The highest BCUT2D eigenvalue weighted by Crippen LogP contribution is 2.18. The molecule has 9 heteroatoms. The number of unbranched alkanes of at least 4 members (excludes halogenated alkanes) is 2. The second-order valence-corrected chi connectivity index (χ2v) is 6.67. The Labute approximate surface area is 152 Å². The van der Waals surface area contributed by atoms with Crippen LogP contribution in [-0.4, -0.2) is 63.7 Å². The van der Waals surface area contributed by atoms with E-state index >= 15 is 0 Å². The van der Waals surface area contributed by atoms with Crippen molar-refractivity contribution in [1.29, 1.82) is 0 Å². The monoisotopic (exact) mass is 363 g/mol. The van der Waals surface area contributed by atoms with E-state index in [1.807, 2.05) is 0 Å². The number of aromatic nitrogens is 4. The van der Waals surface area contributed by atoms with Crippen molar-refractivity contribution in [3.05, 3.63) is 10.5 Å². The van der Waals surface area contributed by atoms with Crippen LogP contribution in [0.25, 0.3) is 11.2 Å². The molecular formula is C17H29N7O2. The summed E-state index contributed by atoms with van der Waals surface area (Å²) in [7, 11) is 0. The maximum atomic E-state index is 12.3. The van der Waals surface area contributed by atoms with Crippen LogP contribution in [0.3, 0.4) is 0 Å². The van der Waals surface area contributed by atoms with Gasteiger partial charge in [0.05, 0.1) is 6.61 Å². The fourth-order valence-electron chi connectivity index (χ4n) is 3.15. The molecule has 3 rings (SSSR count). The number of H-pyrrole nitrogens is 1. The van der Waals surface area contributed by atoms with Crippen LogP contribution in [0.4, 0.5) is 5.82 Å². The number of hydrogen-bond acceptors (Lipinski definition) is 7. The molecule has 144 valence electrons. The Morgan fingerprint density at radius 2 is 1.92 bits per heavy atom. The Kier molecular flexibility index (Phi) is 6.45. The molecular weight excluding hydrogens is 334 g/mol. The number of piperazine rings is 1. The molecule has 0 aliphatic carbocycles. The van der Waals surface area contributed by atoms with Crippen LogP contribution in [0.2, 0.25) is 0 Å². The Bertz CT molecular complexity index is 764. The van der Waals surface area contributed by atoms with Crippen molar-refractivity contribution in [3.8, 4) is 6.01 Å². The number of nitrogens with zero attached hydrogens (tertiary/aromatic N) is 4. The average Bonchev–Trinajstić information content (AvgIpc) is 2.96. The maximum Gasteiger partial charge on any atom is 0.327 e. The first-order chi connectivity index (χ1) is 12.7. The van der Waals surface area contributed by atoms with E-state index in [9.17, 15) is 4.79 Å². The van der Waals surface area contributed by atoms with Gasteiger partial charge in [0.25, 0.3) is 0 Å². The van der Waals surface area contributed by atoms with Gasteiger partial charge in [0.15, 0.2) is 11.5 Å². The average molecular weight is 363 g/mol. The number of imidazole rings is 1. The molecule has 0 unspecified atom stereocenters. The number of aryl methyl sites for hydroxylation is 1. The SMILES string of the molecule is CCCCOc1nc(N)c2[nH]c(=O)n(CCCCN3CCNCC3)c2n1. The van der Waals surface area contributed by atoms with Gasteiger partial charge in [-0.1, -0.05) is 13.3 Å². The first kappa shape index (κ1) is 18.7. The molecule has 0 aromatic carbocycles. The molecule has 0 atom stereocenters. The first-order valence-corrected chi connectivity index (χ1v) is 9.51. The summed E-state index contributed by atoms with van der Waals surface area (Å²) in [5.41, 5.74) is 6.78. The highest BCUT2D eigenvalue weighted by Gasteiger charge is 2.15. The van der Waals surface area contributed by atoms with E-state index in [4.69, 9.17) is 10.5 Å². The fraction of sp³-hybridized carbons (Fsp3) is 0.706. The van der Waals surface area contributed by atoms with Crippen LogP contribution in [0.1, 0.15) is 32.6 Å². The molecule has 2 aromatic heterocycles. The fourth-order valence-corrected chi connectivity index (χ4v) is 3.15. The van der Waals surface area contributed by atoms with E-state index in [0.29, 0.717) is 24.3 Å². The number of nitrogens with one attached hydrogen (secondary N) is 2. The minimum Gasteiger partial charge on any atom is -0.463 e. The highest BCUT2D eigenvalue weighted by atomic mass is 16.5. The van der Waals surface area contributed by atoms with Crippen molar-refractivity contribution in [2.75, 3.05) is 45.1 Å². The van der Waals surface area contributed by atoms with E-state index in [-0.39, 0.29) is 17.5 Å². The van der Waals surface area contributed by atoms with Gasteiger partial charge >= 0.3 is 11.7 Å². The highest BCUT2D eigenvalue weighted by molar-refractivity contribution is 5.81. The van der Waals surface area contributed by atoms with E-state index in [1.54, 1.807) is 4.57 Å². The van der Waals surface area contributed by atoms with Gasteiger partial charge in [0.1, 0.15) is 5.52 Å². The molecule has 0 saturated carbocycles. The molecule has 0 radical (unpaired) electrons. The zero-order chi connectivity index (χ0) is 18.4. The molecule has 3 heterocycles. The van der Waals surface area contributed by atoms with Crippen LogP contribution >= 0.6 is 0 Å². The second-order valence-electron chi connectivity index (χ2n) is 6.67. The molecule has 4 N–H and O–H groups in total. The number of hydrogen-bond donors (Lipinski definition) is 3. The van der Waals surface area contributed by atoms with Gasteiger partial charge in [-0.25, -0.2) is 4.79 Å². The molecule has 0 amide bonds. The Hall–Kier alpha value is -2.13. The van der Waals surface area contributed by atoms with Crippen molar-refractivity contribution < 1.29 is 4.74 Å². The largest absolute Gasteiger partial charge is 0.463 e. The third-order valence-corrected chi connectivity index (χ3v) is 4.67. The summed E-state index contributed by atoms with van der Waals surface area (Å²) in [5.74, 6) is 0.248. The molecule has 26 heavy (non-hydrogen) atoms. The second kappa shape index (κ2) is 9.00. The van der Waals surface area contributed by atoms with Crippen molar-refractivity contribution in [3.63, 3.8) is 0 Å². The smallest absolute Gasteiger partial charge is 0.327 e. The molecule has 1 fully saturated rings. The lowest BCUT2D eigenvalue weighted by Gasteiger charge is -2.27. The lowest BCUT2D eigenvalue weighted by atomic mass is 10.2. The van der Waals surface area contributed by atoms with Gasteiger partial charge < -0.3 is 25.7 Å². The number of fused-ring (bicyclic) bond motifs is 1. The third kappa shape index (κ3) is 4.53. The van der Waals surface area contributed by atoms with Gasteiger partial charge in [-0.3, -0.25) is 4.57 Å². The molecule has 0 bridgehead atoms. The lowest BCUT2D eigenvalue weighted by Crippen LogP contribution is -2.43. The molecule has 9 nitrogen and oxygen atoms in total. The van der Waals surface area contributed by atoms with E-state index < -0.39 is 0 Å². The minimum atomic E-state index is -0.200. The number of ether oxygens (including phenoxy) is 1. The van der Waals surface area contributed by atoms with E-state index in [1.165, 1.54) is 0 Å². The van der Waals surface area contributed by atoms with Crippen molar-refractivity contribution in [1.82, 2.24) is 29.7 Å². The van der Waals surface area contributed by atoms with Crippen LogP contribution in [-0.2, 0) is 6.54 Å². The van der Waals surface area contributed by atoms with Crippen molar-refractivity contribution in [2.24, 2.45) is 0 Å². The molecule has 2 aromatic rings. The summed E-state index contributed by atoms with van der Waals surface area (Å²) >= 11 is 0. The van der Waals surface area contributed by atoms with Gasteiger partial charge in [0, 0.05) is 32.7 Å². The molecule has 1 aliphatic rings. The summed E-state index contributed by atoms with van der Waals surface area (Å²) in [6.07, 6.45) is 3.90.